The van der Waals surface area contributed by atoms with E-state index in [0.717, 1.165) is 26.1 Å². The monoisotopic (exact) mass is 257 g/mol. The van der Waals surface area contributed by atoms with Crippen LogP contribution in [0.1, 0.15) is 5.56 Å². The molecule has 3 rings (SSSR count). The van der Waals surface area contributed by atoms with E-state index in [1.54, 1.807) is 0 Å². The van der Waals surface area contributed by atoms with E-state index in [1.165, 1.54) is 11.3 Å². The molecule has 0 bridgehead atoms. The Morgan fingerprint density at radius 3 is 3.16 bits per heavy atom. The third kappa shape index (κ3) is 2.63. The minimum Gasteiger partial charge on any atom is -0.369 e. The summed E-state index contributed by atoms with van der Waals surface area (Å²) in [6, 6.07) is 8.35. The summed E-state index contributed by atoms with van der Waals surface area (Å²) in [5.74, 6) is 0.0706. The highest BCUT2D eigenvalue weighted by molar-refractivity contribution is 5.84. The van der Waals surface area contributed by atoms with Crippen LogP contribution in [0.4, 0.5) is 5.69 Å². The average Bonchev–Trinajstić information content (AvgIpc) is 3.08. The number of carbonyl (C=O) groups excluding carboxylic acids is 1. The molecule has 19 heavy (non-hydrogen) atoms. The Hall–Kier alpha value is -1.81. The number of amides is 1. The fraction of sp³-hybridized carbons (Fsp3) is 0.400. The molecule has 4 nitrogen and oxygen atoms in total. The van der Waals surface area contributed by atoms with Crippen LogP contribution >= 0.6 is 0 Å². The van der Waals surface area contributed by atoms with Gasteiger partial charge >= 0.3 is 0 Å². The Kier molecular flexibility index (Phi) is 3.51. The molecule has 1 amide bonds. The zero-order valence-electron chi connectivity index (χ0n) is 10.9. The van der Waals surface area contributed by atoms with Crippen LogP contribution in [0, 0.1) is 0 Å². The van der Waals surface area contributed by atoms with Gasteiger partial charge in [-0.1, -0.05) is 30.4 Å². The van der Waals surface area contributed by atoms with Crippen LogP contribution in [0.3, 0.4) is 0 Å². The minimum atomic E-state index is -0.147. The third-order valence-electron chi connectivity index (χ3n) is 3.73. The first-order valence-corrected chi connectivity index (χ1v) is 6.85. The van der Waals surface area contributed by atoms with Gasteiger partial charge in [0, 0.05) is 31.9 Å². The van der Waals surface area contributed by atoms with E-state index in [4.69, 9.17) is 0 Å². The fourth-order valence-corrected chi connectivity index (χ4v) is 2.71. The van der Waals surface area contributed by atoms with E-state index in [-0.39, 0.29) is 11.9 Å². The lowest BCUT2D eigenvalue weighted by atomic mass is 10.2. The number of nitrogens with one attached hydrogen (secondary N) is 2. The van der Waals surface area contributed by atoms with E-state index in [9.17, 15) is 4.79 Å². The largest absolute Gasteiger partial charge is 0.369 e. The molecule has 1 aromatic rings. The van der Waals surface area contributed by atoms with Crippen molar-refractivity contribution in [3.05, 3.63) is 42.0 Å². The van der Waals surface area contributed by atoms with E-state index in [2.05, 4.69) is 39.8 Å². The van der Waals surface area contributed by atoms with Crippen molar-refractivity contribution in [1.82, 2.24) is 10.6 Å². The first-order chi connectivity index (χ1) is 9.34. The highest BCUT2D eigenvalue weighted by atomic mass is 16.2. The summed E-state index contributed by atoms with van der Waals surface area (Å²) >= 11 is 0. The molecule has 0 saturated heterocycles. The van der Waals surface area contributed by atoms with Crippen LogP contribution in [0.2, 0.25) is 0 Å². The predicted molar refractivity (Wildman–Crippen MR) is 76.3 cm³/mol. The van der Waals surface area contributed by atoms with Crippen molar-refractivity contribution >= 4 is 11.6 Å². The third-order valence-corrected chi connectivity index (χ3v) is 3.73. The number of fused-ring (bicyclic) bond motifs is 1. The second kappa shape index (κ2) is 5.45. The molecule has 0 radical (unpaired) electrons. The number of nitrogens with zero attached hydrogens (tertiary/aromatic N) is 1. The van der Waals surface area contributed by atoms with Gasteiger partial charge in [0.25, 0.3) is 0 Å². The van der Waals surface area contributed by atoms with Gasteiger partial charge in [-0.3, -0.25) is 10.1 Å². The molecule has 0 fully saturated rings. The molecule has 4 heteroatoms. The van der Waals surface area contributed by atoms with Crippen LogP contribution in [0.25, 0.3) is 0 Å². The molecule has 100 valence electrons. The van der Waals surface area contributed by atoms with E-state index in [1.807, 2.05) is 12.2 Å². The van der Waals surface area contributed by atoms with Crippen LogP contribution in [0.5, 0.6) is 0 Å². The molecule has 2 aliphatic rings. The molecule has 1 atom stereocenters. The summed E-state index contributed by atoms with van der Waals surface area (Å²) in [4.78, 5) is 14.2. The summed E-state index contributed by atoms with van der Waals surface area (Å²) in [5.41, 5.74) is 2.73. The van der Waals surface area contributed by atoms with Crippen LogP contribution in [-0.4, -0.2) is 38.1 Å². The molecule has 1 aromatic carbocycles. The molecule has 2 heterocycles. The lowest BCUT2D eigenvalue weighted by molar-refractivity contribution is -0.121. The predicted octanol–water partition coefficient (Wildman–Crippen LogP) is 0.693. The summed E-state index contributed by atoms with van der Waals surface area (Å²) in [6.07, 6.45) is 5.01. The Balaban J connectivity index is 1.48. The van der Waals surface area contributed by atoms with E-state index < -0.39 is 0 Å². The van der Waals surface area contributed by atoms with Gasteiger partial charge in [0.15, 0.2) is 0 Å². The zero-order chi connectivity index (χ0) is 13.1. The fourth-order valence-electron chi connectivity index (χ4n) is 2.71. The number of rotatable bonds is 4. The molecule has 2 aliphatic heterocycles. The highest BCUT2D eigenvalue weighted by Crippen LogP contribution is 2.26. The number of benzene rings is 1. The van der Waals surface area contributed by atoms with Gasteiger partial charge in [-0.05, 0) is 18.1 Å². The maximum absolute atomic E-state index is 11.8. The molecular weight excluding hydrogens is 238 g/mol. The van der Waals surface area contributed by atoms with Gasteiger partial charge in [0.1, 0.15) is 6.04 Å². The Bertz CT molecular complexity index is 498. The van der Waals surface area contributed by atoms with Gasteiger partial charge in [-0.25, -0.2) is 0 Å². The highest BCUT2D eigenvalue weighted by Gasteiger charge is 2.19. The van der Waals surface area contributed by atoms with Crippen molar-refractivity contribution in [2.45, 2.75) is 12.5 Å². The maximum Gasteiger partial charge on any atom is 0.241 e. The van der Waals surface area contributed by atoms with E-state index in [0.29, 0.717) is 6.54 Å². The summed E-state index contributed by atoms with van der Waals surface area (Å²) < 4.78 is 0. The first kappa shape index (κ1) is 12.2. The zero-order valence-corrected chi connectivity index (χ0v) is 10.9. The molecule has 0 aliphatic carbocycles. The van der Waals surface area contributed by atoms with Crippen LogP contribution in [-0.2, 0) is 11.2 Å². The second-order valence-corrected chi connectivity index (χ2v) is 4.97. The first-order valence-electron chi connectivity index (χ1n) is 6.85. The van der Waals surface area contributed by atoms with Crippen LogP contribution < -0.4 is 15.5 Å². The second-order valence-electron chi connectivity index (χ2n) is 4.97. The van der Waals surface area contributed by atoms with Crippen molar-refractivity contribution < 1.29 is 4.79 Å². The lowest BCUT2D eigenvalue weighted by Crippen LogP contribution is -2.43. The molecule has 0 aromatic heterocycles. The maximum atomic E-state index is 11.8. The topological polar surface area (TPSA) is 44.4 Å². The van der Waals surface area contributed by atoms with Crippen molar-refractivity contribution in [2.24, 2.45) is 0 Å². The standard InChI is InChI=1S/C15H19N3O/c19-15(13-5-3-8-16-13)17-9-11-18-10-7-12-4-1-2-6-14(12)18/h1-6,13,16H,7-11H2,(H,17,19). The molecule has 1 unspecified atom stereocenters. The average molecular weight is 257 g/mol. The smallest absolute Gasteiger partial charge is 0.241 e. The molecule has 0 saturated carbocycles. The van der Waals surface area contributed by atoms with Gasteiger partial charge in [0.2, 0.25) is 5.91 Å². The van der Waals surface area contributed by atoms with Gasteiger partial charge < -0.3 is 10.2 Å². The number of anilines is 1. The minimum absolute atomic E-state index is 0.0706. The quantitative estimate of drug-likeness (QED) is 0.780. The van der Waals surface area contributed by atoms with Gasteiger partial charge in [0.05, 0.1) is 0 Å². The van der Waals surface area contributed by atoms with Gasteiger partial charge in [-0.2, -0.15) is 0 Å². The number of carbonyl (C=O) groups is 1. The number of hydrogen-bond donors (Lipinski definition) is 2. The van der Waals surface area contributed by atoms with Crippen molar-refractivity contribution in [3.63, 3.8) is 0 Å². The normalized spacial score (nSPS) is 20.6. The Morgan fingerprint density at radius 1 is 1.42 bits per heavy atom. The summed E-state index contributed by atoms with van der Waals surface area (Å²) in [5, 5.41) is 6.10. The van der Waals surface area contributed by atoms with Crippen LogP contribution in [0.15, 0.2) is 36.4 Å². The summed E-state index contributed by atoms with van der Waals surface area (Å²) in [7, 11) is 0. The van der Waals surface area contributed by atoms with Crippen molar-refractivity contribution in [2.75, 3.05) is 31.1 Å². The SMILES string of the molecule is O=C(NCCN1CCc2ccccc21)C1C=CCN1. The Labute approximate surface area is 113 Å². The molecule has 2 N–H and O–H groups in total. The van der Waals surface area contributed by atoms with Crippen molar-refractivity contribution in [3.8, 4) is 0 Å². The summed E-state index contributed by atoms with van der Waals surface area (Å²) in [6.45, 7) is 3.41. The van der Waals surface area contributed by atoms with E-state index >= 15 is 0 Å². The number of hydrogen-bond acceptors (Lipinski definition) is 3. The lowest BCUT2D eigenvalue weighted by Gasteiger charge is -2.20. The van der Waals surface area contributed by atoms with Crippen molar-refractivity contribution in [1.29, 1.82) is 0 Å². The molecular formula is C15H19N3O. The number of para-hydroxylation sites is 1. The van der Waals surface area contributed by atoms with Gasteiger partial charge in [-0.15, -0.1) is 0 Å². The Morgan fingerprint density at radius 2 is 2.32 bits per heavy atom. The molecule has 0 spiro atoms.